The smallest absolute Gasteiger partial charge is 0.462 e. The second-order valence-electron chi connectivity index (χ2n) is 28.2. The molecule has 3 unspecified atom stereocenters. The van der Waals surface area contributed by atoms with Gasteiger partial charge in [0, 0.05) is 25.7 Å². The Bertz CT molecular complexity index is 1840. The summed E-state index contributed by atoms with van der Waals surface area (Å²) in [5.74, 6) is 0.148. The van der Waals surface area contributed by atoms with Crippen LogP contribution >= 0.6 is 15.6 Å². The highest BCUT2D eigenvalue weighted by Crippen LogP contribution is 2.45. The molecule has 558 valence electrons. The molecule has 3 N–H and O–H groups in total. The second kappa shape index (κ2) is 65.7. The van der Waals surface area contributed by atoms with Gasteiger partial charge < -0.3 is 33.8 Å². The first-order chi connectivity index (χ1) is 45.3. The summed E-state index contributed by atoms with van der Waals surface area (Å²) in [5, 5.41) is 10.6. The minimum absolute atomic E-state index is 0.104. The van der Waals surface area contributed by atoms with Gasteiger partial charge in [-0.1, -0.05) is 331 Å². The third-order valence-corrected chi connectivity index (χ3v) is 19.6. The van der Waals surface area contributed by atoms with Crippen LogP contribution in [0.15, 0.2) is 0 Å². The fourth-order valence-corrected chi connectivity index (χ4v) is 13.0. The van der Waals surface area contributed by atoms with Gasteiger partial charge in [-0.15, -0.1) is 0 Å². The van der Waals surface area contributed by atoms with E-state index in [1.54, 1.807) is 0 Å². The Morgan fingerprint density at radius 1 is 0.309 bits per heavy atom. The number of unbranched alkanes of at least 4 members (excludes halogenated alkanes) is 40. The van der Waals surface area contributed by atoms with Crippen LogP contribution in [0.2, 0.25) is 0 Å². The van der Waals surface area contributed by atoms with Crippen molar-refractivity contribution >= 4 is 39.5 Å². The number of phosphoric ester groups is 2. The van der Waals surface area contributed by atoms with E-state index in [0.717, 1.165) is 108 Å². The average molecular weight is 1380 g/mol. The molecule has 0 radical (unpaired) electrons. The van der Waals surface area contributed by atoms with Crippen LogP contribution in [0.5, 0.6) is 0 Å². The summed E-state index contributed by atoms with van der Waals surface area (Å²) in [5.41, 5.74) is 0. The number of hydrogen-bond donors (Lipinski definition) is 3. The Hall–Kier alpha value is -1.94. The molecule has 0 rings (SSSR count). The van der Waals surface area contributed by atoms with Gasteiger partial charge in [0.15, 0.2) is 12.2 Å². The van der Waals surface area contributed by atoms with Gasteiger partial charge >= 0.3 is 39.5 Å². The molecule has 0 bridgehead atoms. The molecule has 0 spiro atoms. The predicted octanol–water partition coefficient (Wildman–Crippen LogP) is 21.8. The minimum atomic E-state index is -4.96. The number of carbonyl (C=O) groups is 4. The van der Waals surface area contributed by atoms with E-state index >= 15 is 0 Å². The first-order valence-electron chi connectivity index (χ1n) is 38.9. The van der Waals surface area contributed by atoms with Crippen LogP contribution in [0.3, 0.4) is 0 Å². The number of carbonyl (C=O) groups excluding carboxylic acids is 4. The fourth-order valence-electron chi connectivity index (χ4n) is 11.4. The van der Waals surface area contributed by atoms with Gasteiger partial charge in [0.2, 0.25) is 0 Å². The molecule has 0 saturated carbocycles. The van der Waals surface area contributed by atoms with E-state index in [9.17, 15) is 43.2 Å². The van der Waals surface area contributed by atoms with Crippen LogP contribution in [0.4, 0.5) is 0 Å². The molecule has 0 fully saturated rings. The largest absolute Gasteiger partial charge is 0.472 e. The Balaban J connectivity index is 5.24. The maximum absolute atomic E-state index is 13.1. The Labute approximate surface area is 575 Å². The normalized spacial score (nSPS) is 14.4. The number of ether oxygens (including phenoxy) is 4. The van der Waals surface area contributed by atoms with Gasteiger partial charge in [-0.2, -0.15) is 0 Å². The number of aliphatic hydroxyl groups is 1. The highest BCUT2D eigenvalue weighted by molar-refractivity contribution is 7.47. The molecule has 0 aromatic carbocycles. The van der Waals surface area contributed by atoms with E-state index in [1.807, 2.05) is 0 Å². The fraction of sp³-hybridized carbons (Fsp3) is 0.947. The Kier molecular flexibility index (Phi) is 64.3. The molecule has 17 nitrogen and oxygen atoms in total. The van der Waals surface area contributed by atoms with Gasteiger partial charge in [-0.05, 0) is 43.4 Å². The van der Waals surface area contributed by atoms with Crippen molar-refractivity contribution in [1.29, 1.82) is 0 Å². The Morgan fingerprint density at radius 3 is 0.809 bits per heavy atom. The number of rotatable bonds is 73. The van der Waals surface area contributed by atoms with Gasteiger partial charge in [0.05, 0.1) is 26.4 Å². The van der Waals surface area contributed by atoms with E-state index in [0.29, 0.717) is 31.6 Å². The SMILES string of the molecule is CCCCCCCCCCCCCCCCCC(=O)OC[C@H](COP(=O)(O)OC[C@@H](O)COP(=O)(O)OC[C@@H](COC(=O)CCCCCCCCCC(C)C)OC(=O)CCCCCCCCCCC(C)C)OC(=O)CCCCCCCCCCCCCCCCC(C)CC. The lowest BCUT2D eigenvalue weighted by molar-refractivity contribution is -0.161. The quantitative estimate of drug-likeness (QED) is 0.0222. The summed E-state index contributed by atoms with van der Waals surface area (Å²) < 4.78 is 68.5. The van der Waals surface area contributed by atoms with E-state index in [4.69, 9.17) is 37.0 Å². The third-order valence-electron chi connectivity index (χ3n) is 17.7. The molecular weight excluding hydrogens is 1230 g/mol. The van der Waals surface area contributed by atoms with Crippen LogP contribution < -0.4 is 0 Å². The highest BCUT2D eigenvalue weighted by atomic mass is 31.2. The number of phosphoric acid groups is 2. The van der Waals surface area contributed by atoms with Crippen molar-refractivity contribution in [2.75, 3.05) is 39.6 Å². The molecule has 19 heteroatoms. The van der Waals surface area contributed by atoms with E-state index in [-0.39, 0.29) is 25.7 Å². The topological polar surface area (TPSA) is 237 Å². The van der Waals surface area contributed by atoms with Crippen LogP contribution in [-0.4, -0.2) is 96.7 Å². The number of hydrogen-bond acceptors (Lipinski definition) is 15. The number of esters is 4. The molecule has 0 aliphatic heterocycles. The summed E-state index contributed by atoms with van der Waals surface area (Å²) in [6.45, 7) is 11.8. The maximum atomic E-state index is 13.1. The summed E-state index contributed by atoms with van der Waals surface area (Å²) in [6, 6.07) is 0. The monoisotopic (exact) mass is 1380 g/mol. The molecule has 0 aromatic heterocycles. The van der Waals surface area contributed by atoms with Crippen LogP contribution in [0.25, 0.3) is 0 Å². The molecule has 0 saturated heterocycles. The first kappa shape index (κ1) is 92.1. The molecule has 0 aromatic rings. The summed E-state index contributed by atoms with van der Waals surface area (Å²) in [7, 11) is -9.91. The molecule has 94 heavy (non-hydrogen) atoms. The molecule has 0 aliphatic rings. The van der Waals surface area contributed by atoms with Crippen molar-refractivity contribution in [3.05, 3.63) is 0 Å². The summed E-state index contributed by atoms with van der Waals surface area (Å²) in [4.78, 5) is 72.7. The lowest BCUT2D eigenvalue weighted by Gasteiger charge is -2.21. The average Bonchev–Trinajstić information content (AvgIpc) is 1.86. The van der Waals surface area contributed by atoms with Gasteiger partial charge in [-0.3, -0.25) is 37.3 Å². The van der Waals surface area contributed by atoms with Gasteiger partial charge in [0.25, 0.3) is 0 Å². The standard InChI is InChI=1S/C75H146O17P2/c1-8-10-11-12-13-14-15-16-17-21-24-27-35-42-49-56-72(77)85-62-70(91-74(79)58-51-44-36-28-25-22-19-18-20-23-26-34-41-48-55-68(7)9-2)64-89-93(81,82)87-60-69(76)61-88-94(83,84)90-65-71(63-86-73(78)57-50-43-38-31-33-40-47-54-67(5)6)92-75(80)59-52-45-37-30-29-32-39-46-53-66(3)4/h66-71,76H,8-65H2,1-7H3,(H,81,82)(H,83,84)/t68?,69-,70-,71-/m1/s1. The van der Waals surface area contributed by atoms with Crippen LogP contribution in [-0.2, 0) is 65.4 Å². The van der Waals surface area contributed by atoms with E-state index in [1.165, 1.54) is 186 Å². The molecule has 6 atom stereocenters. The molecule has 0 heterocycles. The van der Waals surface area contributed by atoms with Crippen LogP contribution in [0.1, 0.15) is 382 Å². The van der Waals surface area contributed by atoms with Crippen molar-refractivity contribution in [3.8, 4) is 0 Å². The van der Waals surface area contributed by atoms with Crippen molar-refractivity contribution in [1.82, 2.24) is 0 Å². The summed E-state index contributed by atoms with van der Waals surface area (Å²) in [6.07, 6.45) is 51.4. The molecule has 0 amide bonds. The van der Waals surface area contributed by atoms with E-state index in [2.05, 4.69) is 48.5 Å². The van der Waals surface area contributed by atoms with E-state index < -0.39 is 97.5 Å². The van der Waals surface area contributed by atoms with Crippen molar-refractivity contribution in [3.63, 3.8) is 0 Å². The highest BCUT2D eigenvalue weighted by Gasteiger charge is 2.30. The zero-order chi connectivity index (χ0) is 69.4. The van der Waals surface area contributed by atoms with Gasteiger partial charge in [0.1, 0.15) is 19.3 Å². The zero-order valence-electron chi connectivity index (χ0n) is 61.4. The first-order valence-corrected chi connectivity index (χ1v) is 41.9. The predicted molar refractivity (Wildman–Crippen MR) is 381 cm³/mol. The minimum Gasteiger partial charge on any atom is -0.462 e. The molecular formula is C75H146O17P2. The second-order valence-corrected chi connectivity index (χ2v) is 31.1. The lowest BCUT2D eigenvalue weighted by atomic mass is 9.99. The van der Waals surface area contributed by atoms with Crippen molar-refractivity contribution < 1.29 is 80.2 Å². The third kappa shape index (κ3) is 67.3. The summed E-state index contributed by atoms with van der Waals surface area (Å²) >= 11 is 0. The Morgan fingerprint density at radius 2 is 0.543 bits per heavy atom. The van der Waals surface area contributed by atoms with Crippen LogP contribution in [0, 0.1) is 17.8 Å². The van der Waals surface area contributed by atoms with Gasteiger partial charge in [-0.25, -0.2) is 9.13 Å². The lowest BCUT2D eigenvalue weighted by Crippen LogP contribution is -2.30. The number of aliphatic hydroxyl groups excluding tert-OH is 1. The van der Waals surface area contributed by atoms with Crippen molar-refractivity contribution in [2.24, 2.45) is 17.8 Å². The zero-order valence-corrected chi connectivity index (χ0v) is 63.2. The maximum Gasteiger partial charge on any atom is 0.472 e. The van der Waals surface area contributed by atoms with Crippen molar-refractivity contribution in [2.45, 2.75) is 401 Å². The molecule has 0 aliphatic carbocycles.